The van der Waals surface area contributed by atoms with Gasteiger partial charge in [0.1, 0.15) is 0 Å². The zero-order valence-corrected chi connectivity index (χ0v) is 13.5. The molecule has 0 aromatic heterocycles. The Morgan fingerprint density at radius 3 is 2.40 bits per heavy atom. The van der Waals surface area contributed by atoms with Crippen LogP contribution in [0, 0.1) is 11.3 Å². The van der Waals surface area contributed by atoms with Crippen LogP contribution in [0.1, 0.15) is 40.0 Å². The topological polar surface area (TPSA) is 75.8 Å². The third kappa shape index (κ3) is 7.82. The number of methoxy groups -OCH3 is 1. The van der Waals surface area contributed by atoms with Crippen LogP contribution in [-0.2, 0) is 9.53 Å². The molecule has 1 unspecified atom stereocenters. The van der Waals surface area contributed by atoms with Gasteiger partial charge in [-0.3, -0.25) is 4.79 Å². The quantitative estimate of drug-likeness (QED) is 0.634. The van der Waals surface area contributed by atoms with Crippen molar-refractivity contribution in [2.24, 2.45) is 17.1 Å². The molecule has 0 spiro atoms. The van der Waals surface area contributed by atoms with Gasteiger partial charge in [-0.05, 0) is 30.7 Å². The molecule has 0 heterocycles. The average molecular weight is 288 g/mol. The first kappa shape index (κ1) is 19.4. The minimum Gasteiger partial charge on any atom is -0.395 e. The number of amides is 1. The van der Waals surface area contributed by atoms with Crippen molar-refractivity contribution >= 4 is 5.91 Å². The van der Waals surface area contributed by atoms with Crippen molar-refractivity contribution in [3.05, 3.63) is 0 Å². The smallest absolute Gasteiger partial charge is 0.222 e. The molecule has 0 aliphatic carbocycles. The van der Waals surface area contributed by atoms with Gasteiger partial charge in [-0.2, -0.15) is 0 Å². The summed E-state index contributed by atoms with van der Waals surface area (Å²) in [7, 11) is 1.61. The summed E-state index contributed by atoms with van der Waals surface area (Å²) in [4.78, 5) is 13.9. The van der Waals surface area contributed by atoms with E-state index in [0.29, 0.717) is 38.6 Å². The highest BCUT2D eigenvalue weighted by Gasteiger charge is 2.25. The molecule has 3 N–H and O–H groups in total. The SMILES string of the molecule is COCCN(CCO)C(=O)CCC(CCN)C(C)(C)C. The number of aliphatic hydroxyl groups is 1. The van der Waals surface area contributed by atoms with Crippen LogP contribution in [0.15, 0.2) is 0 Å². The molecule has 0 saturated carbocycles. The zero-order valence-electron chi connectivity index (χ0n) is 13.5. The van der Waals surface area contributed by atoms with Crippen molar-refractivity contribution in [3.8, 4) is 0 Å². The summed E-state index contributed by atoms with van der Waals surface area (Å²) in [6.45, 7) is 8.61. The number of nitrogens with two attached hydrogens (primary N) is 1. The predicted octanol–water partition coefficient (Wildman–Crippen LogP) is 1.25. The number of nitrogens with zero attached hydrogens (tertiary/aromatic N) is 1. The predicted molar refractivity (Wildman–Crippen MR) is 81.4 cm³/mol. The van der Waals surface area contributed by atoms with Crippen LogP contribution in [0.5, 0.6) is 0 Å². The molecule has 0 aromatic carbocycles. The van der Waals surface area contributed by atoms with E-state index in [1.54, 1.807) is 12.0 Å². The Labute approximate surface area is 123 Å². The monoisotopic (exact) mass is 288 g/mol. The standard InChI is InChI=1S/C15H32N2O3/c1-15(2,3)13(7-8-16)5-6-14(19)17(9-11-18)10-12-20-4/h13,18H,5-12,16H2,1-4H3. The molecule has 0 rings (SSSR count). The Bertz CT molecular complexity index is 264. The number of aliphatic hydroxyl groups excluding tert-OH is 1. The lowest BCUT2D eigenvalue weighted by Gasteiger charge is -2.31. The molecular weight excluding hydrogens is 256 g/mol. The Hall–Kier alpha value is -0.650. The Morgan fingerprint density at radius 1 is 1.30 bits per heavy atom. The van der Waals surface area contributed by atoms with Gasteiger partial charge in [0.2, 0.25) is 5.91 Å². The molecule has 0 bridgehead atoms. The van der Waals surface area contributed by atoms with E-state index in [4.69, 9.17) is 15.6 Å². The van der Waals surface area contributed by atoms with Crippen LogP contribution < -0.4 is 5.73 Å². The average Bonchev–Trinajstić information content (AvgIpc) is 2.37. The molecule has 5 heteroatoms. The fraction of sp³-hybridized carbons (Fsp3) is 0.933. The summed E-state index contributed by atoms with van der Waals surface area (Å²) in [5, 5.41) is 9.02. The first-order valence-corrected chi connectivity index (χ1v) is 7.44. The van der Waals surface area contributed by atoms with Gasteiger partial charge in [0.05, 0.1) is 13.2 Å². The highest BCUT2D eigenvalue weighted by atomic mass is 16.5. The number of carbonyl (C=O) groups excluding carboxylic acids is 1. The van der Waals surface area contributed by atoms with E-state index in [2.05, 4.69) is 20.8 Å². The summed E-state index contributed by atoms with van der Waals surface area (Å²) in [6, 6.07) is 0. The van der Waals surface area contributed by atoms with Crippen molar-refractivity contribution in [2.45, 2.75) is 40.0 Å². The second-order valence-electron chi connectivity index (χ2n) is 6.28. The van der Waals surface area contributed by atoms with Crippen molar-refractivity contribution in [1.82, 2.24) is 4.90 Å². The first-order chi connectivity index (χ1) is 9.36. The summed E-state index contributed by atoms with van der Waals surface area (Å²) in [6.07, 6.45) is 2.29. The third-order valence-corrected chi connectivity index (χ3v) is 3.73. The van der Waals surface area contributed by atoms with Gasteiger partial charge in [-0.1, -0.05) is 20.8 Å². The van der Waals surface area contributed by atoms with Crippen molar-refractivity contribution < 1.29 is 14.6 Å². The van der Waals surface area contributed by atoms with Crippen LogP contribution >= 0.6 is 0 Å². The lowest BCUT2D eigenvalue weighted by Crippen LogP contribution is -2.36. The molecule has 1 atom stereocenters. The number of hydrogen-bond donors (Lipinski definition) is 2. The maximum Gasteiger partial charge on any atom is 0.222 e. The molecule has 0 saturated heterocycles. The van der Waals surface area contributed by atoms with E-state index in [1.807, 2.05) is 0 Å². The van der Waals surface area contributed by atoms with Gasteiger partial charge in [-0.25, -0.2) is 0 Å². The highest BCUT2D eigenvalue weighted by molar-refractivity contribution is 5.76. The molecule has 5 nitrogen and oxygen atoms in total. The molecule has 20 heavy (non-hydrogen) atoms. The molecule has 1 amide bonds. The highest BCUT2D eigenvalue weighted by Crippen LogP contribution is 2.32. The summed E-state index contributed by atoms with van der Waals surface area (Å²) in [5.74, 6) is 0.525. The minimum atomic E-state index is -0.0129. The number of hydrogen-bond acceptors (Lipinski definition) is 4. The minimum absolute atomic E-state index is 0.0129. The third-order valence-electron chi connectivity index (χ3n) is 3.73. The van der Waals surface area contributed by atoms with E-state index < -0.39 is 0 Å². The van der Waals surface area contributed by atoms with Crippen molar-refractivity contribution in [2.75, 3.05) is 40.0 Å². The summed E-state index contributed by atoms with van der Waals surface area (Å²) in [5.41, 5.74) is 5.82. The first-order valence-electron chi connectivity index (χ1n) is 7.44. The fourth-order valence-electron chi connectivity index (χ4n) is 2.35. The maximum absolute atomic E-state index is 12.2. The van der Waals surface area contributed by atoms with Crippen molar-refractivity contribution in [3.63, 3.8) is 0 Å². The zero-order chi connectivity index (χ0) is 15.6. The van der Waals surface area contributed by atoms with E-state index >= 15 is 0 Å². The summed E-state index contributed by atoms with van der Waals surface area (Å²) >= 11 is 0. The van der Waals surface area contributed by atoms with Gasteiger partial charge in [0, 0.05) is 26.6 Å². The van der Waals surface area contributed by atoms with Gasteiger partial charge >= 0.3 is 0 Å². The van der Waals surface area contributed by atoms with E-state index in [1.165, 1.54) is 0 Å². The maximum atomic E-state index is 12.2. The fourth-order valence-corrected chi connectivity index (χ4v) is 2.35. The van der Waals surface area contributed by atoms with Crippen LogP contribution in [0.2, 0.25) is 0 Å². The van der Waals surface area contributed by atoms with E-state index in [9.17, 15) is 4.79 Å². The Morgan fingerprint density at radius 2 is 1.95 bits per heavy atom. The molecular formula is C15H32N2O3. The lowest BCUT2D eigenvalue weighted by molar-refractivity contribution is -0.132. The number of ether oxygens (including phenoxy) is 1. The number of rotatable bonds is 10. The summed E-state index contributed by atoms with van der Waals surface area (Å²) < 4.78 is 5.00. The normalized spacial score (nSPS) is 13.3. The van der Waals surface area contributed by atoms with Crippen LogP contribution in [0.25, 0.3) is 0 Å². The Kier molecular flexibility index (Phi) is 9.80. The van der Waals surface area contributed by atoms with E-state index in [0.717, 1.165) is 12.8 Å². The number of carbonyl (C=O) groups is 1. The van der Waals surface area contributed by atoms with Gasteiger partial charge in [-0.15, -0.1) is 0 Å². The van der Waals surface area contributed by atoms with Crippen molar-refractivity contribution in [1.29, 1.82) is 0 Å². The molecule has 0 aliphatic rings. The van der Waals surface area contributed by atoms with Crippen LogP contribution in [0.4, 0.5) is 0 Å². The Balaban J connectivity index is 4.39. The second kappa shape index (κ2) is 10.1. The molecule has 0 aliphatic heterocycles. The van der Waals surface area contributed by atoms with Crippen LogP contribution in [-0.4, -0.2) is 55.9 Å². The molecule has 0 fully saturated rings. The van der Waals surface area contributed by atoms with Gasteiger partial charge in [0.25, 0.3) is 0 Å². The largest absolute Gasteiger partial charge is 0.395 e. The van der Waals surface area contributed by atoms with E-state index in [-0.39, 0.29) is 17.9 Å². The van der Waals surface area contributed by atoms with Gasteiger partial charge in [0.15, 0.2) is 0 Å². The molecule has 0 radical (unpaired) electrons. The molecule has 120 valence electrons. The molecule has 0 aromatic rings. The van der Waals surface area contributed by atoms with Crippen LogP contribution in [0.3, 0.4) is 0 Å². The second-order valence-corrected chi connectivity index (χ2v) is 6.28. The lowest BCUT2D eigenvalue weighted by atomic mass is 9.76. The van der Waals surface area contributed by atoms with Gasteiger partial charge < -0.3 is 20.5 Å².